The monoisotopic (exact) mass is 394 g/mol. The molecular formula is C20H18N4O5. The molecule has 1 aliphatic rings. The standard InChI is InChI=1S/C20H18N4O5/c1-24-15-8-5-13(9-16(15)28-11-17(24)25)18-22-20(29-23-18)19(26)21-10-12-3-6-14(27-2)7-4-12/h3-9H,10-11H2,1-2H3,(H,21,26). The summed E-state index contributed by atoms with van der Waals surface area (Å²) < 4.78 is 15.7. The lowest BCUT2D eigenvalue weighted by Gasteiger charge is -2.25. The molecule has 2 heterocycles. The summed E-state index contributed by atoms with van der Waals surface area (Å²) in [5.41, 5.74) is 2.18. The number of carbonyl (C=O) groups is 2. The summed E-state index contributed by atoms with van der Waals surface area (Å²) in [5, 5.41) is 6.60. The third-order valence-electron chi connectivity index (χ3n) is 4.54. The summed E-state index contributed by atoms with van der Waals surface area (Å²) in [6.45, 7) is 0.284. The highest BCUT2D eigenvalue weighted by atomic mass is 16.5. The van der Waals surface area contributed by atoms with Crippen molar-refractivity contribution in [2.24, 2.45) is 0 Å². The van der Waals surface area contributed by atoms with Crippen LogP contribution in [0.15, 0.2) is 47.0 Å². The molecule has 1 aromatic heterocycles. The molecule has 3 aromatic rings. The molecule has 0 atom stereocenters. The number of carbonyl (C=O) groups excluding carboxylic acids is 2. The van der Waals surface area contributed by atoms with Crippen molar-refractivity contribution in [1.82, 2.24) is 15.5 Å². The van der Waals surface area contributed by atoms with Crippen LogP contribution in [-0.2, 0) is 11.3 Å². The number of methoxy groups -OCH3 is 1. The number of benzene rings is 2. The summed E-state index contributed by atoms with van der Waals surface area (Å²) in [6, 6.07) is 12.5. The molecule has 0 saturated heterocycles. The molecule has 9 heteroatoms. The molecule has 0 unspecified atom stereocenters. The fraction of sp³-hybridized carbons (Fsp3) is 0.200. The van der Waals surface area contributed by atoms with Gasteiger partial charge < -0.3 is 24.2 Å². The largest absolute Gasteiger partial charge is 0.497 e. The van der Waals surface area contributed by atoms with Gasteiger partial charge in [0.2, 0.25) is 5.82 Å². The Balaban J connectivity index is 1.45. The van der Waals surface area contributed by atoms with Crippen LogP contribution in [0.2, 0.25) is 0 Å². The van der Waals surface area contributed by atoms with E-state index >= 15 is 0 Å². The first-order chi connectivity index (χ1) is 14.0. The summed E-state index contributed by atoms with van der Waals surface area (Å²) in [5.74, 6) is 0.802. The number of ether oxygens (including phenoxy) is 2. The molecule has 148 valence electrons. The molecule has 0 bridgehead atoms. The van der Waals surface area contributed by atoms with Gasteiger partial charge >= 0.3 is 11.8 Å². The van der Waals surface area contributed by atoms with Crippen LogP contribution >= 0.6 is 0 Å². The first-order valence-electron chi connectivity index (χ1n) is 8.84. The van der Waals surface area contributed by atoms with E-state index in [4.69, 9.17) is 14.0 Å². The van der Waals surface area contributed by atoms with Crippen LogP contribution in [0.3, 0.4) is 0 Å². The van der Waals surface area contributed by atoms with Gasteiger partial charge in [-0.1, -0.05) is 17.3 Å². The van der Waals surface area contributed by atoms with E-state index in [1.165, 1.54) is 4.90 Å². The Hall–Kier alpha value is -3.88. The summed E-state index contributed by atoms with van der Waals surface area (Å²) in [4.78, 5) is 29.7. The lowest BCUT2D eigenvalue weighted by atomic mass is 10.1. The van der Waals surface area contributed by atoms with Crippen molar-refractivity contribution < 1.29 is 23.6 Å². The van der Waals surface area contributed by atoms with E-state index in [0.29, 0.717) is 23.5 Å². The maximum Gasteiger partial charge on any atom is 0.316 e. The first kappa shape index (κ1) is 18.5. The topological polar surface area (TPSA) is 107 Å². The van der Waals surface area contributed by atoms with Crippen molar-refractivity contribution >= 4 is 17.5 Å². The average Bonchev–Trinajstić information content (AvgIpc) is 3.25. The maximum atomic E-state index is 12.3. The predicted octanol–water partition coefficient (Wildman–Crippen LogP) is 2.03. The second-order valence-corrected chi connectivity index (χ2v) is 6.38. The van der Waals surface area contributed by atoms with Gasteiger partial charge in [0, 0.05) is 19.2 Å². The molecule has 1 N–H and O–H groups in total. The van der Waals surface area contributed by atoms with Gasteiger partial charge in [0.25, 0.3) is 5.91 Å². The number of rotatable bonds is 5. The van der Waals surface area contributed by atoms with E-state index in [-0.39, 0.29) is 24.2 Å². The van der Waals surface area contributed by atoms with Crippen LogP contribution in [0.25, 0.3) is 11.4 Å². The number of likely N-dealkylation sites (N-methyl/N-ethyl adjacent to an activating group) is 1. The van der Waals surface area contributed by atoms with Crippen molar-refractivity contribution in [3.8, 4) is 22.9 Å². The number of nitrogens with zero attached hydrogens (tertiary/aromatic N) is 3. The van der Waals surface area contributed by atoms with Crippen LogP contribution < -0.4 is 19.7 Å². The van der Waals surface area contributed by atoms with Crippen molar-refractivity contribution in [2.75, 3.05) is 25.7 Å². The van der Waals surface area contributed by atoms with Crippen molar-refractivity contribution in [3.63, 3.8) is 0 Å². The molecule has 0 saturated carbocycles. The zero-order valence-corrected chi connectivity index (χ0v) is 15.8. The van der Waals surface area contributed by atoms with Crippen LogP contribution in [-0.4, -0.2) is 42.7 Å². The second kappa shape index (κ2) is 7.63. The quantitative estimate of drug-likeness (QED) is 0.706. The van der Waals surface area contributed by atoms with Gasteiger partial charge in [-0.05, 0) is 35.9 Å². The summed E-state index contributed by atoms with van der Waals surface area (Å²) in [7, 11) is 3.28. The van der Waals surface area contributed by atoms with Crippen molar-refractivity contribution in [3.05, 3.63) is 53.9 Å². The molecule has 4 rings (SSSR count). The molecule has 0 radical (unpaired) electrons. The minimum absolute atomic E-state index is 0.0295. The van der Waals surface area contributed by atoms with Gasteiger partial charge in [0.05, 0.1) is 12.8 Å². The number of nitrogens with one attached hydrogen (secondary N) is 1. The lowest BCUT2D eigenvalue weighted by molar-refractivity contribution is -0.120. The lowest BCUT2D eigenvalue weighted by Crippen LogP contribution is -2.35. The molecule has 0 fully saturated rings. The molecular weight excluding hydrogens is 376 g/mol. The SMILES string of the molecule is COc1ccc(CNC(=O)c2nc(-c3ccc4c(c3)OCC(=O)N4C)no2)cc1. The smallest absolute Gasteiger partial charge is 0.316 e. The Kier molecular flexibility index (Phi) is 4.86. The van der Waals surface area contributed by atoms with Gasteiger partial charge in [0.15, 0.2) is 6.61 Å². The zero-order valence-electron chi connectivity index (χ0n) is 15.8. The third-order valence-corrected chi connectivity index (χ3v) is 4.54. The number of amides is 2. The maximum absolute atomic E-state index is 12.3. The number of aromatic nitrogens is 2. The van der Waals surface area contributed by atoms with Crippen LogP contribution in [0.5, 0.6) is 11.5 Å². The number of fused-ring (bicyclic) bond motifs is 1. The fourth-order valence-corrected chi connectivity index (χ4v) is 2.85. The van der Waals surface area contributed by atoms with E-state index in [0.717, 1.165) is 11.3 Å². The Morgan fingerprint density at radius 2 is 2.03 bits per heavy atom. The molecule has 9 nitrogen and oxygen atoms in total. The van der Waals surface area contributed by atoms with E-state index in [1.54, 1.807) is 32.4 Å². The number of hydrogen-bond acceptors (Lipinski definition) is 7. The van der Waals surface area contributed by atoms with Gasteiger partial charge in [-0.25, -0.2) is 0 Å². The average molecular weight is 394 g/mol. The van der Waals surface area contributed by atoms with Gasteiger partial charge in [-0.15, -0.1) is 0 Å². The highest BCUT2D eigenvalue weighted by Gasteiger charge is 2.23. The highest BCUT2D eigenvalue weighted by Crippen LogP contribution is 2.34. The number of hydrogen-bond donors (Lipinski definition) is 1. The minimum Gasteiger partial charge on any atom is -0.497 e. The molecule has 29 heavy (non-hydrogen) atoms. The Labute approximate surface area is 166 Å². The third kappa shape index (κ3) is 3.75. The minimum atomic E-state index is -0.473. The van der Waals surface area contributed by atoms with Crippen LogP contribution in [0, 0.1) is 0 Å². The Morgan fingerprint density at radius 3 is 2.79 bits per heavy atom. The van der Waals surface area contributed by atoms with Gasteiger partial charge in [-0.2, -0.15) is 4.98 Å². The predicted molar refractivity (Wildman–Crippen MR) is 103 cm³/mol. The van der Waals surface area contributed by atoms with Gasteiger partial charge in [-0.3, -0.25) is 9.59 Å². The van der Waals surface area contributed by atoms with Crippen LogP contribution in [0.4, 0.5) is 5.69 Å². The van der Waals surface area contributed by atoms with Crippen molar-refractivity contribution in [1.29, 1.82) is 0 Å². The van der Waals surface area contributed by atoms with Gasteiger partial charge in [0.1, 0.15) is 11.5 Å². The van der Waals surface area contributed by atoms with Crippen molar-refractivity contribution in [2.45, 2.75) is 6.54 Å². The van der Waals surface area contributed by atoms with E-state index in [2.05, 4.69) is 15.5 Å². The molecule has 0 aliphatic carbocycles. The summed E-state index contributed by atoms with van der Waals surface area (Å²) >= 11 is 0. The Bertz CT molecular complexity index is 1060. The first-order valence-corrected chi connectivity index (χ1v) is 8.84. The molecule has 2 aromatic carbocycles. The zero-order chi connectivity index (χ0) is 20.4. The number of anilines is 1. The van der Waals surface area contributed by atoms with E-state index < -0.39 is 5.91 Å². The molecule has 2 amide bonds. The molecule has 0 spiro atoms. The Morgan fingerprint density at radius 1 is 1.24 bits per heavy atom. The van der Waals surface area contributed by atoms with Crippen LogP contribution in [0.1, 0.15) is 16.2 Å². The molecule has 1 aliphatic heterocycles. The highest BCUT2D eigenvalue weighted by molar-refractivity contribution is 5.97. The van der Waals surface area contributed by atoms with E-state index in [1.807, 2.05) is 24.3 Å². The normalized spacial score (nSPS) is 12.9. The fourth-order valence-electron chi connectivity index (χ4n) is 2.85. The second-order valence-electron chi connectivity index (χ2n) is 6.38. The van der Waals surface area contributed by atoms with E-state index in [9.17, 15) is 9.59 Å². The summed E-state index contributed by atoms with van der Waals surface area (Å²) in [6.07, 6.45) is 0.